The number of hydrogen-bond acceptors (Lipinski definition) is 4. The van der Waals surface area contributed by atoms with Crippen LogP contribution in [-0.2, 0) is 4.79 Å². The van der Waals surface area contributed by atoms with Crippen LogP contribution in [0.5, 0.6) is 5.75 Å². The first kappa shape index (κ1) is 16.6. The molecule has 6 nitrogen and oxygen atoms in total. The largest absolute Gasteiger partial charge is 0.506 e. The van der Waals surface area contributed by atoms with Crippen molar-refractivity contribution in [3.63, 3.8) is 0 Å². The number of non-ortho nitro benzene ring substituents is 1. The van der Waals surface area contributed by atoms with E-state index in [-0.39, 0.29) is 28.9 Å². The van der Waals surface area contributed by atoms with Gasteiger partial charge in [0.25, 0.3) is 5.69 Å². The van der Waals surface area contributed by atoms with Crippen molar-refractivity contribution >= 4 is 17.3 Å². The standard InChI is InChI=1S/C20H20N2O4/c23-17-11-13(22(25)26)9-10-16(17)21-20(24)19-14-7-4-8-15(19)18(14)12-5-2-1-3-6-12/h1-3,5-6,9-11,14-15,18-19,23H,4,7-8H2,(H,21,24)/t14-,15+,18?,19?. The van der Waals surface area contributed by atoms with Crippen molar-refractivity contribution in [3.05, 3.63) is 64.2 Å². The lowest BCUT2D eigenvalue weighted by Gasteiger charge is -2.55. The minimum absolute atomic E-state index is 0.0662. The molecule has 134 valence electrons. The Kier molecular flexibility index (Phi) is 4.11. The Hall–Kier alpha value is -2.89. The first-order valence-electron chi connectivity index (χ1n) is 8.89. The second-order valence-electron chi connectivity index (χ2n) is 7.17. The van der Waals surface area contributed by atoms with E-state index in [2.05, 4.69) is 17.4 Å². The molecule has 4 rings (SSSR count). The Labute approximate surface area is 151 Å². The highest BCUT2D eigenvalue weighted by Gasteiger charge is 2.55. The molecule has 1 amide bonds. The number of fused-ring (bicyclic) bond motifs is 2. The highest BCUT2D eigenvalue weighted by atomic mass is 16.6. The zero-order chi connectivity index (χ0) is 18.3. The summed E-state index contributed by atoms with van der Waals surface area (Å²) in [5.74, 6) is 0.607. The van der Waals surface area contributed by atoms with Gasteiger partial charge in [0, 0.05) is 12.0 Å². The average Bonchev–Trinajstić information content (AvgIpc) is 2.64. The lowest BCUT2D eigenvalue weighted by atomic mass is 9.48. The number of carbonyl (C=O) groups excluding carboxylic acids is 1. The third-order valence-electron chi connectivity index (χ3n) is 5.86. The number of nitrogens with zero attached hydrogens (tertiary/aromatic N) is 1. The van der Waals surface area contributed by atoms with Gasteiger partial charge in [-0.3, -0.25) is 14.9 Å². The number of amides is 1. The fourth-order valence-electron chi connectivity index (χ4n) is 4.76. The molecule has 2 unspecified atom stereocenters. The van der Waals surface area contributed by atoms with Crippen molar-refractivity contribution in [2.24, 2.45) is 17.8 Å². The van der Waals surface area contributed by atoms with Crippen molar-refractivity contribution in [2.45, 2.75) is 25.2 Å². The number of carbonyl (C=O) groups is 1. The van der Waals surface area contributed by atoms with Gasteiger partial charge in [0.05, 0.1) is 16.7 Å². The number of phenols is 1. The lowest BCUT2D eigenvalue weighted by Crippen LogP contribution is -2.53. The van der Waals surface area contributed by atoms with Crippen molar-refractivity contribution in [2.75, 3.05) is 5.32 Å². The normalized spacial score (nSPS) is 26.6. The number of benzene rings is 2. The number of aromatic hydroxyl groups is 1. The van der Waals surface area contributed by atoms with Crippen LogP contribution in [0.25, 0.3) is 0 Å². The van der Waals surface area contributed by atoms with Gasteiger partial charge in [0.1, 0.15) is 5.75 Å². The molecule has 2 aliphatic rings. The van der Waals surface area contributed by atoms with E-state index in [9.17, 15) is 20.0 Å². The molecule has 0 saturated heterocycles. The summed E-state index contributed by atoms with van der Waals surface area (Å²) in [7, 11) is 0. The van der Waals surface area contributed by atoms with Crippen molar-refractivity contribution in [1.82, 2.24) is 0 Å². The van der Waals surface area contributed by atoms with Gasteiger partial charge >= 0.3 is 0 Å². The van der Waals surface area contributed by atoms with Crippen LogP contribution in [0.2, 0.25) is 0 Å². The predicted molar refractivity (Wildman–Crippen MR) is 96.9 cm³/mol. The minimum Gasteiger partial charge on any atom is -0.506 e. The van der Waals surface area contributed by atoms with Crippen LogP contribution in [0, 0.1) is 27.9 Å². The molecule has 0 spiro atoms. The van der Waals surface area contributed by atoms with E-state index in [4.69, 9.17) is 0 Å². The first-order valence-corrected chi connectivity index (χ1v) is 8.89. The van der Waals surface area contributed by atoms with Crippen LogP contribution in [0.15, 0.2) is 48.5 Å². The van der Waals surface area contributed by atoms with E-state index in [0.29, 0.717) is 17.8 Å². The third kappa shape index (κ3) is 2.71. The third-order valence-corrected chi connectivity index (χ3v) is 5.86. The number of hydrogen-bond donors (Lipinski definition) is 2. The number of rotatable bonds is 4. The second kappa shape index (κ2) is 6.44. The van der Waals surface area contributed by atoms with Gasteiger partial charge in [-0.2, -0.15) is 0 Å². The molecule has 26 heavy (non-hydrogen) atoms. The summed E-state index contributed by atoms with van der Waals surface area (Å²) in [6, 6.07) is 14.1. The molecule has 4 atom stereocenters. The second-order valence-corrected chi connectivity index (χ2v) is 7.17. The Balaban J connectivity index is 1.50. The zero-order valence-electron chi connectivity index (χ0n) is 14.2. The molecular formula is C20H20N2O4. The number of nitro groups is 1. The van der Waals surface area contributed by atoms with Crippen LogP contribution in [-0.4, -0.2) is 15.9 Å². The number of nitrogens with one attached hydrogen (secondary N) is 1. The number of phenolic OH excluding ortho intramolecular Hbond substituents is 1. The van der Waals surface area contributed by atoms with E-state index >= 15 is 0 Å². The van der Waals surface area contributed by atoms with E-state index < -0.39 is 4.92 Å². The highest BCUT2D eigenvalue weighted by molar-refractivity contribution is 5.95. The topological polar surface area (TPSA) is 92.5 Å². The van der Waals surface area contributed by atoms with Crippen molar-refractivity contribution < 1.29 is 14.8 Å². The lowest BCUT2D eigenvalue weighted by molar-refractivity contribution is -0.384. The summed E-state index contributed by atoms with van der Waals surface area (Å²) in [6.07, 6.45) is 3.20. The van der Waals surface area contributed by atoms with Gasteiger partial charge < -0.3 is 10.4 Å². The van der Waals surface area contributed by atoms with E-state index in [1.165, 1.54) is 17.7 Å². The van der Waals surface area contributed by atoms with Gasteiger partial charge in [-0.15, -0.1) is 0 Å². The van der Waals surface area contributed by atoms with Crippen LogP contribution < -0.4 is 5.32 Å². The van der Waals surface area contributed by atoms with Crippen LogP contribution >= 0.6 is 0 Å². The summed E-state index contributed by atoms with van der Waals surface area (Å²) in [5.41, 5.74) is 1.32. The quantitative estimate of drug-likeness (QED) is 0.493. The van der Waals surface area contributed by atoms with Gasteiger partial charge in [-0.1, -0.05) is 36.8 Å². The monoisotopic (exact) mass is 352 g/mol. The van der Waals surface area contributed by atoms with Crippen molar-refractivity contribution in [1.29, 1.82) is 0 Å². The van der Waals surface area contributed by atoms with E-state index in [1.807, 2.05) is 18.2 Å². The number of anilines is 1. The Morgan fingerprint density at radius 1 is 1.12 bits per heavy atom. The van der Waals surface area contributed by atoms with E-state index in [1.54, 1.807) is 0 Å². The maximum atomic E-state index is 12.8. The SMILES string of the molecule is O=C(Nc1ccc([N+](=O)[O-])cc1O)C1[C@H]2CCC[C@@H]1C2c1ccccc1. The van der Waals surface area contributed by atoms with Gasteiger partial charge in [-0.05, 0) is 42.2 Å². The summed E-state index contributed by atoms with van der Waals surface area (Å²) < 4.78 is 0. The Morgan fingerprint density at radius 3 is 2.42 bits per heavy atom. The fourth-order valence-corrected chi connectivity index (χ4v) is 4.76. The molecule has 2 N–H and O–H groups in total. The number of nitro benzene ring substituents is 1. The molecule has 6 heteroatoms. The molecule has 2 aliphatic carbocycles. The maximum Gasteiger partial charge on any atom is 0.273 e. The first-order chi connectivity index (χ1) is 12.6. The van der Waals surface area contributed by atoms with Gasteiger partial charge in [0.15, 0.2) is 0 Å². The van der Waals surface area contributed by atoms with Gasteiger partial charge in [0.2, 0.25) is 5.91 Å². The average molecular weight is 352 g/mol. The van der Waals surface area contributed by atoms with Crippen LogP contribution in [0.3, 0.4) is 0 Å². The molecule has 0 heterocycles. The summed E-state index contributed by atoms with van der Waals surface area (Å²) in [4.78, 5) is 23.0. The predicted octanol–water partition coefficient (Wildman–Crippen LogP) is 4.07. The molecule has 2 fully saturated rings. The molecule has 2 bridgehead atoms. The fraction of sp³-hybridized carbons (Fsp3) is 0.350. The molecule has 0 aromatic heterocycles. The Bertz CT molecular complexity index is 840. The van der Waals surface area contributed by atoms with Crippen LogP contribution in [0.4, 0.5) is 11.4 Å². The van der Waals surface area contributed by atoms with Gasteiger partial charge in [-0.25, -0.2) is 0 Å². The van der Waals surface area contributed by atoms with E-state index in [0.717, 1.165) is 25.3 Å². The smallest absolute Gasteiger partial charge is 0.273 e. The minimum atomic E-state index is -0.577. The molecule has 0 aliphatic heterocycles. The summed E-state index contributed by atoms with van der Waals surface area (Å²) in [6.45, 7) is 0. The molecule has 2 aromatic carbocycles. The molecule has 2 aromatic rings. The van der Waals surface area contributed by atoms with Crippen molar-refractivity contribution in [3.8, 4) is 5.75 Å². The molecular weight excluding hydrogens is 332 g/mol. The maximum absolute atomic E-state index is 12.8. The zero-order valence-corrected chi connectivity index (χ0v) is 14.2. The highest BCUT2D eigenvalue weighted by Crippen LogP contribution is 2.60. The molecule has 2 saturated carbocycles. The summed E-state index contributed by atoms with van der Waals surface area (Å²) >= 11 is 0. The van der Waals surface area contributed by atoms with Crippen LogP contribution in [0.1, 0.15) is 30.7 Å². The Morgan fingerprint density at radius 2 is 1.81 bits per heavy atom. The summed E-state index contributed by atoms with van der Waals surface area (Å²) in [5, 5.41) is 23.5. The molecule has 0 radical (unpaired) electrons.